The van der Waals surface area contributed by atoms with E-state index < -0.39 is 5.60 Å². The van der Waals surface area contributed by atoms with Gasteiger partial charge in [0.2, 0.25) is 0 Å². The number of hydrogen-bond donors (Lipinski definition) is 0. The molecule has 0 radical (unpaired) electrons. The number of esters is 1. The largest absolute Gasteiger partial charge is 0.459 e. The topological polar surface area (TPSA) is 32.8 Å². The maximum absolute atomic E-state index is 12.0. The number of piperidine rings is 1. The van der Waals surface area contributed by atoms with E-state index in [1.165, 1.54) is 0 Å². The lowest BCUT2D eigenvalue weighted by Crippen LogP contribution is -2.49. The molecular formula is C14H28N2O2. The van der Waals surface area contributed by atoms with Gasteiger partial charge in [0, 0.05) is 6.04 Å². The van der Waals surface area contributed by atoms with Gasteiger partial charge < -0.3 is 9.64 Å². The number of rotatable bonds is 3. The molecule has 0 amide bonds. The molecule has 18 heavy (non-hydrogen) atoms. The van der Waals surface area contributed by atoms with Crippen molar-refractivity contribution in [1.29, 1.82) is 0 Å². The molecular weight excluding hydrogens is 228 g/mol. The molecule has 1 aliphatic rings. The molecule has 4 heteroatoms. The minimum Gasteiger partial charge on any atom is -0.459 e. The van der Waals surface area contributed by atoms with Crippen LogP contribution in [0.2, 0.25) is 0 Å². The summed E-state index contributed by atoms with van der Waals surface area (Å²) in [5.41, 5.74) is -0.404. The number of ether oxygens (including phenoxy) is 1. The van der Waals surface area contributed by atoms with E-state index in [0.29, 0.717) is 6.04 Å². The fraction of sp³-hybridized carbons (Fsp3) is 0.929. The fourth-order valence-corrected chi connectivity index (χ4v) is 2.27. The molecule has 4 nitrogen and oxygen atoms in total. The average Bonchev–Trinajstić information content (AvgIpc) is 2.26. The molecule has 1 atom stereocenters. The third-order valence-electron chi connectivity index (χ3n) is 3.62. The Hall–Kier alpha value is -0.610. The number of likely N-dealkylation sites (N-methyl/N-ethyl adjacent to an activating group) is 1. The monoisotopic (exact) mass is 256 g/mol. The van der Waals surface area contributed by atoms with Crippen LogP contribution >= 0.6 is 0 Å². The van der Waals surface area contributed by atoms with Crippen molar-refractivity contribution in [2.45, 2.75) is 58.2 Å². The van der Waals surface area contributed by atoms with Crippen LogP contribution in [-0.4, -0.2) is 60.6 Å². The van der Waals surface area contributed by atoms with Crippen molar-refractivity contribution in [2.75, 3.05) is 27.2 Å². The first kappa shape index (κ1) is 15.4. The second-order valence-electron chi connectivity index (χ2n) is 6.41. The molecule has 0 aromatic rings. The van der Waals surface area contributed by atoms with Crippen molar-refractivity contribution in [1.82, 2.24) is 9.80 Å². The Morgan fingerprint density at radius 1 is 1.33 bits per heavy atom. The van der Waals surface area contributed by atoms with Crippen LogP contribution in [0.4, 0.5) is 0 Å². The van der Waals surface area contributed by atoms with Crippen LogP contribution in [0.25, 0.3) is 0 Å². The van der Waals surface area contributed by atoms with Crippen LogP contribution in [0.5, 0.6) is 0 Å². The van der Waals surface area contributed by atoms with Crippen LogP contribution in [0, 0.1) is 0 Å². The van der Waals surface area contributed by atoms with E-state index in [0.717, 1.165) is 25.9 Å². The van der Waals surface area contributed by atoms with Gasteiger partial charge in [-0.1, -0.05) is 0 Å². The fourth-order valence-electron chi connectivity index (χ4n) is 2.27. The number of carbonyl (C=O) groups excluding carboxylic acids is 1. The Labute approximate surface area is 111 Å². The highest BCUT2D eigenvalue weighted by atomic mass is 16.6. The van der Waals surface area contributed by atoms with E-state index in [1.807, 2.05) is 34.7 Å². The predicted molar refractivity (Wildman–Crippen MR) is 73.6 cm³/mol. The summed E-state index contributed by atoms with van der Waals surface area (Å²) >= 11 is 0. The van der Waals surface area contributed by atoms with Gasteiger partial charge in [0.05, 0.1) is 0 Å². The number of nitrogens with zero attached hydrogens (tertiary/aromatic N) is 2. The minimum absolute atomic E-state index is 0.121. The zero-order valence-corrected chi connectivity index (χ0v) is 12.7. The van der Waals surface area contributed by atoms with Gasteiger partial charge in [-0.2, -0.15) is 0 Å². The minimum atomic E-state index is -0.404. The van der Waals surface area contributed by atoms with Gasteiger partial charge in [-0.25, -0.2) is 0 Å². The molecule has 1 aliphatic heterocycles. The highest BCUT2D eigenvalue weighted by Gasteiger charge is 2.30. The highest BCUT2D eigenvalue weighted by Crippen LogP contribution is 2.18. The van der Waals surface area contributed by atoms with Crippen LogP contribution in [0.15, 0.2) is 0 Å². The molecule has 1 saturated heterocycles. The number of hydrogen-bond acceptors (Lipinski definition) is 4. The Kier molecular flexibility index (Phi) is 5.17. The van der Waals surface area contributed by atoms with Crippen LogP contribution < -0.4 is 0 Å². The summed E-state index contributed by atoms with van der Waals surface area (Å²) < 4.78 is 5.44. The summed E-state index contributed by atoms with van der Waals surface area (Å²) in [6, 6.07) is 0.321. The molecule has 0 bridgehead atoms. The standard InChI is InChI=1S/C14H28N2O2/c1-11(13(17)18-14(2,3)4)16(6)12-7-9-15(5)10-8-12/h11-12H,7-10H2,1-6H3. The van der Waals surface area contributed by atoms with E-state index in [9.17, 15) is 4.79 Å². The number of likely N-dealkylation sites (tertiary alicyclic amines) is 1. The van der Waals surface area contributed by atoms with Gasteiger partial charge in [0.1, 0.15) is 11.6 Å². The van der Waals surface area contributed by atoms with Crippen LogP contribution in [0.1, 0.15) is 40.5 Å². The van der Waals surface area contributed by atoms with Gasteiger partial charge in [0.15, 0.2) is 0 Å². The first-order valence-electron chi connectivity index (χ1n) is 6.84. The summed E-state index contributed by atoms with van der Waals surface area (Å²) in [7, 11) is 4.18. The maximum Gasteiger partial charge on any atom is 0.323 e. The molecule has 0 aromatic carbocycles. The summed E-state index contributed by atoms with van der Waals surface area (Å²) in [6.45, 7) is 9.88. The van der Waals surface area contributed by atoms with Crippen LogP contribution in [-0.2, 0) is 9.53 Å². The molecule has 1 heterocycles. The number of carbonyl (C=O) groups is 1. The SMILES string of the molecule is CC(C(=O)OC(C)(C)C)N(C)C1CCN(C)CC1. The predicted octanol–water partition coefficient (Wildman–Crippen LogP) is 1.74. The lowest BCUT2D eigenvalue weighted by molar-refractivity contribution is -0.161. The first-order chi connectivity index (χ1) is 8.20. The molecule has 106 valence electrons. The maximum atomic E-state index is 12.0. The highest BCUT2D eigenvalue weighted by molar-refractivity contribution is 5.75. The van der Waals surface area contributed by atoms with Crippen molar-refractivity contribution in [3.8, 4) is 0 Å². The molecule has 0 spiro atoms. The van der Waals surface area contributed by atoms with Crippen molar-refractivity contribution >= 4 is 5.97 Å². The second kappa shape index (κ2) is 6.02. The van der Waals surface area contributed by atoms with E-state index in [4.69, 9.17) is 4.74 Å². The third kappa shape index (κ3) is 4.58. The van der Waals surface area contributed by atoms with Gasteiger partial charge in [-0.15, -0.1) is 0 Å². The molecule has 0 saturated carbocycles. The van der Waals surface area contributed by atoms with E-state index in [-0.39, 0.29) is 12.0 Å². The average molecular weight is 256 g/mol. The lowest BCUT2D eigenvalue weighted by atomic mass is 10.0. The zero-order chi connectivity index (χ0) is 13.9. The summed E-state index contributed by atoms with van der Waals surface area (Å²) in [4.78, 5) is 16.5. The Bertz CT molecular complexity index is 278. The van der Waals surface area contributed by atoms with E-state index in [1.54, 1.807) is 0 Å². The Balaban J connectivity index is 2.50. The second-order valence-corrected chi connectivity index (χ2v) is 6.41. The van der Waals surface area contributed by atoms with Crippen molar-refractivity contribution in [2.24, 2.45) is 0 Å². The summed E-state index contributed by atoms with van der Waals surface area (Å²) in [5.74, 6) is -0.121. The zero-order valence-electron chi connectivity index (χ0n) is 12.7. The van der Waals surface area contributed by atoms with Crippen molar-refractivity contribution < 1.29 is 9.53 Å². The van der Waals surface area contributed by atoms with Crippen molar-refractivity contribution in [3.63, 3.8) is 0 Å². The van der Waals surface area contributed by atoms with Gasteiger partial charge in [-0.05, 0) is 67.7 Å². The van der Waals surface area contributed by atoms with Gasteiger partial charge in [0.25, 0.3) is 0 Å². The molecule has 1 unspecified atom stereocenters. The van der Waals surface area contributed by atoms with Gasteiger partial charge in [-0.3, -0.25) is 9.69 Å². The molecule has 1 fully saturated rings. The normalized spacial score (nSPS) is 21.1. The molecule has 0 aliphatic carbocycles. The molecule has 1 rings (SSSR count). The van der Waals surface area contributed by atoms with E-state index in [2.05, 4.69) is 16.8 Å². The smallest absolute Gasteiger partial charge is 0.323 e. The van der Waals surface area contributed by atoms with E-state index >= 15 is 0 Å². The quantitative estimate of drug-likeness (QED) is 0.720. The van der Waals surface area contributed by atoms with Crippen LogP contribution in [0.3, 0.4) is 0 Å². The third-order valence-corrected chi connectivity index (χ3v) is 3.62. The Morgan fingerprint density at radius 2 is 1.83 bits per heavy atom. The summed E-state index contributed by atoms with van der Waals surface area (Å²) in [5, 5.41) is 0. The molecule has 0 aromatic heterocycles. The Morgan fingerprint density at radius 3 is 2.28 bits per heavy atom. The first-order valence-corrected chi connectivity index (χ1v) is 6.84. The molecule has 0 N–H and O–H groups in total. The lowest BCUT2D eigenvalue weighted by Gasteiger charge is -2.38. The summed E-state index contributed by atoms with van der Waals surface area (Å²) in [6.07, 6.45) is 2.25. The van der Waals surface area contributed by atoms with Crippen molar-refractivity contribution in [3.05, 3.63) is 0 Å². The van der Waals surface area contributed by atoms with Gasteiger partial charge >= 0.3 is 5.97 Å².